The Morgan fingerprint density at radius 1 is 1.17 bits per heavy atom. The number of aryl methyl sites for hydroxylation is 1. The van der Waals surface area contributed by atoms with Gasteiger partial charge in [0, 0.05) is 30.2 Å². The lowest BCUT2D eigenvalue weighted by atomic mass is 9.95. The molecule has 1 unspecified atom stereocenters. The zero-order chi connectivity index (χ0) is 16.4. The average molecular weight is 324 g/mol. The van der Waals surface area contributed by atoms with E-state index in [-0.39, 0.29) is 11.9 Å². The van der Waals surface area contributed by atoms with E-state index >= 15 is 0 Å². The van der Waals surface area contributed by atoms with Crippen LogP contribution in [0.4, 0.5) is 0 Å². The summed E-state index contributed by atoms with van der Waals surface area (Å²) in [5.74, 6) is 0.0861. The molecule has 2 aliphatic rings. The van der Waals surface area contributed by atoms with Gasteiger partial charge in [0.2, 0.25) is 0 Å². The second-order valence-corrected chi connectivity index (χ2v) is 6.89. The van der Waals surface area contributed by atoms with Crippen LogP contribution in [0.5, 0.6) is 0 Å². The Labute approximate surface area is 142 Å². The molecular formula is C19H24N4O. The first-order valence-corrected chi connectivity index (χ1v) is 9.11. The molecule has 1 fully saturated rings. The number of likely N-dealkylation sites (tertiary alicyclic amines) is 1. The molecule has 5 nitrogen and oxygen atoms in total. The van der Waals surface area contributed by atoms with Crippen molar-refractivity contribution in [1.82, 2.24) is 20.1 Å². The molecule has 0 aromatic carbocycles. The van der Waals surface area contributed by atoms with Crippen LogP contribution in [-0.2, 0) is 12.8 Å². The zero-order valence-electron chi connectivity index (χ0n) is 14.0. The van der Waals surface area contributed by atoms with Crippen LogP contribution < -0.4 is 0 Å². The van der Waals surface area contributed by atoms with Gasteiger partial charge in [-0.15, -0.1) is 0 Å². The quantitative estimate of drug-likeness (QED) is 0.861. The number of H-pyrrole nitrogens is 1. The number of aromatic amines is 1. The lowest BCUT2D eigenvalue weighted by Crippen LogP contribution is -2.39. The lowest BCUT2D eigenvalue weighted by Gasteiger charge is -2.35. The highest BCUT2D eigenvalue weighted by Gasteiger charge is 2.32. The van der Waals surface area contributed by atoms with Crippen molar-refractivity contribution >= 4 is 5.91 Å². The Kier molecular flexibility index (Phi) is 4.32. The summed E-state index contributed by atoms with van der Waals surface area (Å²) in [6.45, 7) is 0.806. The maximum atomic E-state index is 13.3. The molecule has 1 atom stereocenters. The fraction of sp³-hybridized carbons (Fsp3) is 0.526. The monoisotopic (exact) mass is 324 g/mol. The number of piperidine rings is 1. The first kappa shape index (κ1) is 15.4. The standard InChI is InChI=1S/C19H24N4O/c24-19(18-15-8-2-1-3-9-16(15)21-22-18)23-12-5-4-10-17(23)14-7-6-11-20-13-14/h6-7,11,13,17H,1-5,8-10,12H2,(H,21,22). The van der Waals surface area contributed by atoms with E-state index in [1.54, 1.807) is 6.20 Å². The fourth-order valence-electron chi connectivity index (χ4n) is 4.06. The van der Waals surface area contributed by atoms with Crippen LogP contribution in [0.25, 0.3) is 0 Å². The molecule has 1 saturated heterocycles. The van der Waals surface area contributed by atoms with Crippen molar-refractivity contribution in [2.45, 2.75) is 57.4 Å². The van der Waals surface area contributed by atoms with Gasteiger partial charge in [-0.05, 0) is 56.6 Å². The molecule has 4 rings (SSSR count). The van der Waals surface area contributed by atoms with E-state index in [4.69, 9.17) is 0 Å². The van der Waals surface area contributed by atoms with E-state index in [1.807, 2.05) is 17.2 Å². The van der Waals surface area contributed by atoms with Crippen LogP contribution >= 0.6 is 0 Å². The lowest BCUT2D eigenvalue weighted by molar-refractivity contribution is 0.0604. The Balaban J connectivity index is 1.64. The minimum Gasteiger partial charge on any atom is -0.330 e. The molecule has 3 heterocycles. The van der Waals surface area contributed by atoms with Crippen molar-refractivity contribution in [2.24, 2.45) is 0 Å². The average Bonchev–Trinajstić information content (AvgIpc) is 2.90. The summed E-state index contributed by atoms with van der Waals surface area (Å²) in [5.41, 5.74) is 4.12. The first-order chi connectivity index (χ1) is 11.8. The Hall–Kier alpha value is -2.17. The second-order valence-electron chi connectivity index (χ2n) is 6.89. The number of hydrogen-bond donors (Lipinski definition) is 1. The number of pyridine rings is 1. The van der Waals surface area contributed by atoms with E-state index in [9.17, 15) is 4.79 Å². The first-order valence-electron chi connectivity index (χ1n) is 9.11. The minimum absolute atomic E-state index is 0.0861. The van der Waals surface area contributed by atoms with Crippen molar-refractivity contribution in [2.75, 3.05) is 6.54 Å². The van der Waals surface area contributed by atoms with Crippen molar-refractivity contribution in [3.8, 4) is 0 Å². The van der Waals surface area contributed by atoms with Gasteiger partial charge in [-0.3, -0.25) is 14.9 Å². The largest absolute Gasteiger partial charge is 0.330 e. The predicted octanol–water partition coefficient (Wildman–Crippen LogP) is 3.44. The fourth-order valence-corrected chi connectivity index (χ4v) is 4.06. The number of aromatic nitrogens is 3. The van der Waals surface area contributed by atoms with Gasteiger partial charge in [0.1, 0.15) is 0 Å². The number of carbonyl (C=O) groups is 1. The number of fused-ring (bicyclic) bond motifs is 1. The minimum atomic E-state index is 0.0861. The molecule has 2 aromatic heterocycles. The maximum absolute atomic E-state index is 13.3. The van der Waals surface area contributed by atoms with Gasteiger partial charge >= 0.3 is 0 Å². The smallest absolute Gasteiger partial charge is 0.275 e. The van der Waals surface area contributed by atoms with Crippen molar-refractivity contribution < 1.29 is 4.79 Å². The Bertz CT molecular complexity index is 709. The molecule has 24 heavy (non-hydrogen) atoms. The Morgan fingerprint density at radius 3 is 2.96 bits per heavy atom. The molecule has 0 spiro atoms. The topological polar surface area (TPSA) is 61.9 Å². The van der Waals surface area contributed by atoms with Crippen molar-refractivity contribution in [3.63, 3.8) is 0 Å². The third-order valence-electron chi connectivity index (χ3n) is 5.34. The molecule has 1 N–H and O–H groups in total. The summed E-state index contributed by atoms with van der Waals surface area (Å²) in [5, 5.41) is 7.54. The van der Waals surface area contributed by atoms with Crippen LogP contribution in [-0.4, -0.2) is 32.5 Å². The van der Waals surface area contributed by atoms with Gasteiger partial charge in [-0.1, -0.05) is 12.5 Å². The van der Waals surface area contributed by atoms with E-state index < -0.39 is 0 Å². The molecule has 0 bridgehead atoms. The van der Waals surface area contributed by atoms with Gasteiger partial charge in [0.15, 0.2) is 5.69 Å². The number of amides is 1. The molecule has 1 aliphatic carbocycles. The van der Waals surface area contributed by atoms with Crippen LogP contribution in [0.1, 0.15) is 71.9 Å². The molecule has 126 valence electrons. The molecule has 1 amide bonds. The molecule has 0 radical (unpaired) electrons. The van der Waals surface area contributed by atoms with E-state index in [2.05, 4.69) is 21.2 Å². The molecule has 0 saturated carbocycles. The number of hydrogen-bond acceptors (Lipinski definition) is 3. The summed E-state index contributed by atoms with van der Waals surface area (Å²) in [6.07, 6.45) is 12.5. The van der Waals surface area contributed by atoms with Crippen molar-refractivity contribution in [3.05, 3.63) is 47.0 Å². The van der Waals surface area contributed by atoms with Crippen molar-refractivity contribution in [1.29, 1.82) is 0 Å². The second kappa shape index (κ2) is 6.75. The third-order valence-corrected chi connectivity index (χ3v) is 5.34. The predicted molar refractivity (Wildman–Crippen MR) is 91.7 cm³/mol. The molecule has 2 aromatic rings. The number of nitrogens with one attached hydrogen (secondary N) is 1. The van der Waals surface area contributed by atoms with Gasteiger partial charge < -0.3 is 4.90 Å². The van der Waals surface area contributed by atoms with Gasteiger partial charge in [0.25, 0.3) is 5.91 Å². The van der Waals surface area contributed by atoms with E-state index in [1.165, 1.54) is 18.5 Å². The van der Waals surface area contributed by atoms with Crippen LogP contribution in [0.15, 0.2) is 24.5 Å². The highest BCUT2D eigenvalue weighted by molar-refractivity contribution is 5.94. The van der Waals surface area contributed by atoms with Crippen LogP contribution in [0, 0.1) is 0 Å². The summed E-state index contributed by atoms with van der Waals surface area (Å²) in [7, 11) is 0. The summed E-state index contributed by atoms with van der Waals surface area (Å²) in [4.78, 5) is 19.5. The summed E-state index contributed by atoms with van der Waals surface area (Å²) < 4.78 is 0. The molecule has 5 heteroatoms. The number of rotatable bonds is 2. The number of nitrogens with zero attached hydrogens (tertiary/aromatic N) is 3. The third kappa shape index (κ3) is 2.83. The van der Waals surface area contributed by atoms with Crippen LogP contribution in [0.2, 0.25) is 0 Å². The Morgan fingerprint density at radius 2 is 2.08 bits per heavy atom. The number of carbonyl (C=O) groups excluding carboxylic acids is 1. The summed E-state index contributed by atoms with van der Waals surface area (Å²) in [6, 6.07) is 4.15. The maximum Gasteiger partial charge on any atom is 0.275 e. The highest BCUT2D eigenvalue weighted by atomic mass is 16.2. The normalized spacial score (nSPS) is 21.2. The highest BCUT2D eigenvalue weighted by Crippen LogP contribution is 2.32. The van der Waals surface area contributed by atoms with E-state index in [0.29, 0.717) is 5.69 Å². The molecular weight excluding hydrogens is 300 g/mol. The SMILES string of the molecule is O=C(c1n[nH]c2c1CCCCC2)N1CCCCC1c1cccnc1. The van der Waals surface area contributed by atoms with Gasteiger partial charge in [-0.2, -0.15) is 5.10 Å². The van der Waals surface area contributed by atoms with Gasteiger partial charge in [-0.25, -0.2) is 0 Å². The van der Waals surface area contributed by atoms with E-state index in [0.717, 1.165) is 56.2 Å². The van der Waals surface area contributed by atoms with Crippen LogP contribution in [0.3, 0.4) is 0 Å². The zero-order valence-corrected chi connectivity index (χ0v) is 14.0. The molecule has 1 aliphatic heterocycles. The summed E-state index contributed by atoms with van der Waals surface area (Å²) >= 11 is 0. The van der Waals surface area contributed by atoms with Gasteiger partial charge in [0.05, 0.1) is 6.04 Å².